The molecule has 5 nitrogen and oxygen atoms in total. The molecule has 1 aromatic rings. The summed E-state index contributed by atoms with van der Waals surface area (Å²) in [6, 6.07) is 9.46. The van der Waals surface area contributed by atoms with E-state index in [1.165, 1.54) is 0 Å². The van der Waals surface area contributed by atoms with Crippen molar-refractivity contribution in [2.75, 3.05) is 32.8 Å². The Labute approximate surface area is 156 Å². The number of rotatable bonds is 6. The maximum absolute atomic E-state index is 12.6. The van der Waals surface area contributed by atoms with Crippen LogP contribution in [0.3, 0.4) is 0 Å². The van der Waals surface area contributed by atoms with E-state index < -0.39 is 0 Å². The van der Waals surface area contributed by atoms with Crippen LogP contribution in [0, 0.1) is 5.41 Å². The molecule has 142 valence electrons. The number of hydrogen-bond acceptors (Lipinski definition) is 3. The molecular weight excluding hydrogens is 328 g/mol. The maximum Gasteiger partial charge on any atom is 0.260 e. The Hall–Kier alpha value is -2.04. The van der Waals surface area contributed by atoms with E-state index in [4.69, 9.17) is 4.74 Å². The Balaban J connectivity index is 1.57. The quantitative estimate of drug-likeness (QED) is 0.785. The van der Waals surface area contributed by atoms with Crippen molar-refractivity contribution < 1.29 is 14.3 Å². The Bertz CT molecular complexity index is 619. The summed E-state index contributed by atoms with van der Waals surface area (Å²) in [5, 5.41) is 0. The van der Waals surface area contributed by atoms with Gasteiger partial charge in [0.25, 0.3) is 5.91 Å². The average Bonchev–Trinajstić information content (AvgIpc) is 2.68. The number of unbranched alkanes of at least 4 members (excludes halogenated alkanes) is 1. The number of para-hydroxylation sites is 1. The zero-order chi connectivity index (χ0) is 18.4. The van der Waals surface area contributed by atoms with Crippen molar-refractivity contribution in [2.45, 2.75) is 45.4 Å². The van der Waals surface area contributed by atoms with Crippen molar-refractivity contribution in [2.24, 2.45) is 5.41 Å². The Morgan fingerprint density at radius 3 is 2.77 bits per heavy atom. The van der Waals surface area contributed by atoms with Gasteiger partial charge in [-0.15, -0.1) is 0 Å². The Morgan fingerprint density at radius 1 is 1.19 bits per heavy atom. The first kappa shape index (κ1) is 18.7. The van der Waals surface area contributed by atoms with Crippen molar-refractivity contribution in [3.05, 3.63) is 30.3 Å². The standard InChI is InChI=1S/C21H30N2O3/c1-2-3-13-22-16-21(12-10-19(22)24)11-7-14-23(17-21)20(25)15-26-18-8-5-4-6-9-18/h4-6,8-9H,2-3,7,10-17H2,1H3/t21-/m1/s1. The van der Waals surface area contributed by atoms with Crippen molar-refractivity contribution in [1.82, 2.24) is 9.80 Å². The zero-order valence-electron chi connectivity index (χ0n) is 15.8. The normalized spacial score (nSPS) is 23.3. The molecule has 2 amide bonds. The lowest BCUT2D eigenvalue weighted by Crippen LogP contribution is -2.55. The van der Waals surface area contributed by atoms with E-state index in [2.05, 4.69) is 6.92 Å². The van der Waals surface area contributed by atoms with Gasteiger partial charge >= 0.3 is 0 Å². The predicted octanol–water partition coefficient (Wildman–Crippen LogP) is 3.10. The van der Waals surface area contributed by atoms with E-state index >= 15 is 0 Å². The second-order valence-corrected chi connectivity index (χ2v) is 7.69. The summed E-state index contributed by atoms with van der Waals surface area (Å²) in [5.74, 6) is 1.05. The molecule has 0 saturated carbocycles. The summed E-state index contributed by atoms with van der Waals surface area (Å²) >= 11 is 0. The van der Waals surface area contributed by atoms with Crippen LogP contribution in [0.15, 0.2) is 30.3 Å². The first-order valence-electron chi connectivity index (χ1n) is 9.85. The van der Waals surface area contributed by atoms with Crippen LogP contribution < -0.4 is 4.74 Å². The Kier molecular flexibility index (Phi) is 6.17. The summed E-state index contributed by atoms with van der Waals surface area (Å²) in [5.41, 5.74) is 0.0717. The van der Waals surface area contributed by atoms with Crippen molar-refractivity contribution >= 4 is 11.8 Å². The van der Waals surface area contributed by atoms with Crippen molar-refractivity contribution in [3.63, 3.8) is 0 Å². The van der Waals surface area contributed by atoms with Crippen LogP contribution in [0.2, 0.25) is 0 Å². The lowest BCUT2D eigenvalue weighted by atomic mass is 9.73. The third kappa shape index (κ3) is 4.57. The molecule has 2 fully saturated rings. The van der Waals surface area contributed by atoms with Crippen LogP contribution >= 0.6 is 0 Å². The largest absolute Gasteiger partial charge is 0.484 e. The van der Waals surface area contributed by atoms with Gasteiger partial charge in [-0.2, -0.15) is 0 Å². The van der Waals surface area contributed by atoms with Gasteiger partial charge in [-0.25, -0.2) is 0 Å². The van der Waals surface area contributed by atoms with Gasteiger partial charge in [0, 0.05) is 38.0 Å². The van der Waals surface area contributed by atoms with Crippen LogP contribution in [-0.4, -0.2) is 54.4 Å². The van der Waals surface area contributed by atoms with E-state index in [0.29, 0.717) is 6.42 Å². The molecule has 2 heterocycles. The molecule has 0 bridgehead atoms. The molecule has 1 aromatic carbocycles. The minimum atomic E-state index is 0.0462. The summed E-state index contributed by atoms with van der Waals surface area (Å²) in [7, 11) is 0. The summed E-state index contributed by atoms with van der Waals surface area (Å²) in [6.45, 7) is 5.43. The first-order valence-corrected chi connectivity index (χ1v) is 9.85. The van der Waals surface area contributed by atoms with Gasteiger partial charge in [0.15, 0.2) is 6.61 Å². The van der Waals surface area contributed by atoms with E-state index in [9.17, 15) is 9.59 Å². The number of hydrogen-bond donors (Lipinski definition) is 0. The molecule has 0 N–H and O–H groups in total. The predicted molar refractivity (Wildman–Crippen MR) is 101 cm³/mol. The highest BCUT2D eigenvalue weighted by atomic mass is 16.5. The fraction of sp³-hybridized carbons (Fsp3) is 0.619. The highest BCUT2D eigenvalue weighted by molar-refractivity contribution is 5.79. The van der Waals surface area contributed by atoms with Gasteiger partial charge in [-0.1, -0.05) is 31.5 Å². The topological polar surface area (TPSA) is 49.9 Å². The highest BCUT2D eigenvalue weighted by Gasteiger charge is 2.42. The van der Waals surface area contributed by atoms with Crippen molar-refractivity contribution in [1.29, 1.82) is 0 Å². The molecule has 5 heteroatoms. The molecule has 1 spiro atoms. The average molecular weight is 358 g/mol. The monoisotopic (exact) mass is 358 g/mol. The number of nitrogens with zero attached hydrogens (tertiary/aromatic N) is 2. The fourth-order valence-corrected chi connectivity index (χ4v) is 4.16. The molecular formula is C21H30N2O3. The number of piperidine rings is 2. The van der Waals surface area contributed by atoms with Crippen LogP contribution in [0.5, 0.6) is 5.75 Å². The SMILES string of the molecule is CCCCN1C[C@@]2(CCCN(C(=O)COc3ccccc3)C2)CCC1=O. The van der Waals surface area contributed by atoms with Crippen LogP contribution in [0.4, 0.5) is 0 Å². The van der Waals surface area contributed by atoms with Gasteiger partial charge in [0.1, 0.15) is 5.75 Å². The third-order valence-electron chi connectivity index (χ3n) is 5.65. The molecule has 2 aliphatic heterocycles. The van der Waals surface area contributed by atoms with E-state index in [1.54, 1.807) is 0 Å². The molecule has 2 aliphatic rings. The van der Waals surface area contributed by atoms with Gasteiger partial charge in [-0.05, 0) is 37.8 Å². The van der Waals surface area contributed by atoms with Gasteiger partial charge in [0.05, 0.1) is 0 Å². The molecule has 3 rings (SSSR count). The smallest absolute Gasteiger partial charge is 0.260 e. The van der Waals surface area contributed by atoms with E-state index in [-0.39, 0.29) is 23.8 Å². The van der Waals surface area contributed by atoms with Crippen LogP contribution in [0.1, 0.15) is 45.4 Å². The van der Waals surface area contributed by atoms with Crippen molar-refractivity contribution in [3.8, 4) is 5.75 Å². The minimum Gasteiger partial charge on any atom is -0.484 e. The zero-order valence-corrected chi connectivity index (χ0v) is 15.8. The molecule has 26 heavy (non-hydrogen) atoms. The number of carbonyl (C=O) groups is 2. The second kappa shape index (κ2) is 8.56. The van der Waals surface area contributed by atoms with Gasteiger partial charge in [-0.3, -0.25) is 9.59 Å². The molecule has 0 unspecified atom stereocenters. The fourth-order valence-electron chi connectivity index (χ4n) is 4.16. The van der Waals surface area contributed by atoms with E-state index in [1.807, 2.05) is 40.1 Å². The number of benzene rings is 1. The summed E-state index contributed by atoms with van der Waals surface area (Å²) < 4.78 is 5.63. The Morgan fingerprint density at radius 2 is 2.00 bits per heavy atom. The van der Waals surface area contributed by atoms with E-state index in [0.717, 1.165) is 64.0 Å². The third-order valence-corrected chi connectivity index (χ3v) is 5.65. The minimum absolute atomic E-state index is 0.0462. The van der Waals surface area contributed by atoms with Crippen LogP contribution in [-0.2, 0) is 9.59 Å². The molecule has 0 aliphatic carbocycles. The number of amides is 2. The number of ether oxygens (including phenoxy) is 1. The lowest BCUT2D eigenvalue weighted by molar-refractivity contribution is -0.144. The summed E-state index contributed by atoms with van der Waals surface area (Å²) in [4.78, 5) is 28.8. The molecule has 0 aromatic heterocycles. The second-order valence-electron chi connectivity index (χ2n) is 7.69. The lowest BCUT2D eigenvalue weighted by Gasteiger charge is -2.48. The molecule has 0 radical (unpaired) electrons. The molecule has 1 atom stereocenters. The highest BCUT2D eigenvalue weighted by Crippen LogP contribution is 2.39. The first-order chi connectivity index (χ1) is 12.6. The van der Waals surface area contributed by atoms with Gasteiger partial charge < -0.3 is 14.5 Å². The van der Waals surface area contributed by atoms with Crippen LogP contribution in [0.25, 0.3) is 0 Å². The summed E-state index contributed by atoms with van der Waals surface area (Å²) in [6.07, 6.45) is 5.77. The number of carbonyl (C=O) groups excluding carboxylic acids is 2. The van der Waals surface area contributed by atoms with Gasteiger partial charge in [0.2, 0.25) is 5.91 Å². The molecule has 2 saturated heterocycles. The number of likely N-dealkylation sites (tertiary alicyclic amines) is 2. The maximum atomic E-state index is 12.6.